The van der Waals surface area contributed by atoms with Gasteiger partial charge in [0.2, 0.25) is 0 Å². The van der Waals surface area contributed by atoms with E-state index in [0.717, 1.165) is 32.6 Å². The molecule has 20 heavy (non-hydrogen) atoms. The van der Waals surface area contributed by atoms with E-state index in [1.807, 2.05) is 43.1 Å². The standard InChI is InChI=1S/C14H13BrN4O/c1-8-5-13(16-7-10(8)15)19(2)9-3-4-11-12(6-9)18-14(20)17-11/h3-7H,1-2H3,(H2,17,18,20). The van der Waals surface area contributed by atoms with Crippen LogP contribution in [0.5, 0.6) is 0 Å². The molecular formula is C14H13BrN4O. The van der Waals surface area contributed by atoms with Crippen molar-refractivity contribution >= 4 is 38.5 Å². The number of aromatic nitrogens is 3. The van der Waals surface area contributed by atoms with Crippen molar-refractivity contribution in [2.75, 3.05) is 11.9 Å². The maximum atomic E-state index is 11.3. The second kappa shape index (κ2) is 4.79. The predicted molar refractivity (Wildman–Crippen MR) is 83.7 cm³/mol. The fraction of sp³-hybridized carbons (Fsp3) is 0.143. The molecule has 0 atom stereocenters. The molecular weight excluding hydrogens is 320 g/mol. The lowest BCUT2D eigenvalue weighted by Gasteiger charge is -2.19. The number of fused-ring (bicyclic) bond motifs is 1. The summed E-state index contributed by atoms with van der Waals surface area (Å²) < 4.78 is 0.986. The number of H-pyrrole nitrogens is 2. The molecule has 0 saturated carbocycles. The summed E-state index contributed by atoms with van der Waals surface area (Å²) in [7, 11) is 1.95. The van der Waals surface area contributed by atoms with E-state index in [9.17, 15) is 4.79 Å². The summed E-state index contributed by atoms with van der Waals surface area (Å²) in [5.74, 6) is 0.850. The van der Waals surface area contributed by atoms with Crippen molar-refractivity contribution in [3.63, 3.8) is 0 Å². The van der Waals surface area contributed by atoms with Gasteiger partial charge in [-0.2, -0.15) is 0 Å². The summed E-state index contributed by atoms with van der Waals surface area (Å²) in [5.41, 5.74) is 3.47. The average Bonchev–Trinajstić information content (AvgIpc) is 2.80. The number of pyridine rings is 1. The van der Waals surface area contributed by atoms with Gasteiger partial charge in [-0.05, 0) is 52.7 Å². The summed E-state index contributed by atoms with van der Waals surface area (Å²) in [4.78, 5) is 23.1. The normalized spacial score (nSPS) is 10.9. The zero-order valence-electron chi connectivity index (χ0n) is 11.1. The summed E-state index contributed by atoms with van der Waals surface area (Å²) >= 11 is 3.45. The Morgan fingerprint density at radius 1 is 1.20 bits per heavy atom. The van der Waals surface area contributed by atoms with Gasteiger partial charge in [-0.15, -0.1) is 0 Å². The Kier molecular flexibility index (Phi) is 3.10. The first-order valence-corrected chi connectivity index (χ1v) is 6.92. The van der Waals surface area contributed by atoms with Gasteiger partial charge in [0.15, 0.2) is 0 Å². The number of hydrogen-bond donors (Lipinski definition) is 2. The highest BCUT2D eigenvalue weighted by Gasteiger charge is 2.08. The molecule has 0 radical (unpaired) electrons. The number of imidazole rings is 1. The van der Waals surface area contributed by atoms with Crippen LogP contribution in [0.4, 0.5) is 11.5 Å². The number of hydrogen-bond acceptors (Lipinski definition) is 3. The second-order valence-corrected chi connectivity index (χ2v) is 5.51. The summed E-state index contributed by atoms with van der Waals surface area (Å²) in [6.45, 7) is 2.02. The molecule has 6 heteroatoms. The average molecular weight is 333 g/mol. The molecule has 5 nitrogen and oxygen atoms in total. The van der Waals surface area contributed by atoms with E-state index in [1.54, 1.807) is 6.20 Å². The molecule has 102 valence electrons. The van der Waals surface area contributed by atoms with Crippen molar-refractivity contribution < 1.29 is 0 Å². The third kappa shape index (κ3) is 2.22. The third-order valence-corrected chi connectivity index (χ3v) is 4.09. The maximum Gasteiger partial charge on any atom is 0.323 e. The van der Waals surface area contributed by atoms with Crippen molar-refractivity contribution in [1.29, 1.82) is 0 Å². The van der Waals surface area contributed by atoms with E-state index >= 15 is 0 Å². The molecule has 0 spiro atoms. The molecule has 0 aliphatic carbocycles. The van der Waals surface area contributed by atoms with Crippen LogP contribution >= 0.6 is 15.9 Å². The van der Waals surface area contributed by atoms with Crippen molar-refractivity contribution in [2.24, 2.45) is 0 Å². The number of rotatable bonds is 2. The van der Waals surface area contributed by atoms with Crippen LogP contribution in [-0.2, 0) is 0 Å². The number of aromatic amines is 2. The van der Waals surface area contributed by atoms with Crippen LogP contribution in [0.2, 0.25) is 0 Å². The lowest BCUT2D eigenvalue weighted by Crippen LogP contribution is -2.11. The van der Waals surface area contributed by atoms with Crippen molar-refractivity contribution in [1.82, 2.24) is 15.0 Å². The van der Waals surface area contributed by atoms with Crippen LogP contribution in [0.15, 0.2) is 39.7 Å². The number of aryl methyl sites for hydroxylation is 1. The van der Waals surface area contributed by atoms with Crippen molar-refractivity contribution in [3.8, 4) is 0 Å². The van der Waals surface area contributed by atoms with E-state index in [1.165, 1.54) is 0 Å². The number of anilines is 2. The smallest absolute Gasteiger partial charge is 0.323 e. The number of nitrogens with one attached hydrogen (secondary N) is 2. The fourth-order valence-electron chi connectivity index (χ4n) is 2.07. The third-order valence-electron chi connectivity index (χ3n) is 3.26. The number of nitrogens with zero attached hydrogens (tertiary/aromatic N) is 2. The first-order valence-electron chi connectivity index (χ1n) is 6.12. The van der Waals surface area contributed by atoms with Gasteiger partial charge in [-0.25, -0.2) is 9.78 Å². The molecule has 2 heterocycles. The van der Waals surface area contributed by atoms with Gasteiger partial charge in [0, 0.05) is 23.4 Å². The van der Waals surface area contributed by atoms with Gasteiger partial charge in [0.25, 0.3) is 0 Å². The highest BCUT2D eigenvalue weighted by molar-refractivity contribution is 9.10. The molecule has 0 aliphatic heterocycles. The molecule has 0 bridgehead atoms. The van der Waals surface area contributed by atoms with Gasteiger partial charge >= 0.3 is 5.69 Å². The SMILES string of the molecule is Cc1cc(N(C)c2ccc3[nH]c(=O)[nH]c3c2)ncc1Br. The Morgan fingerprint density at radius 2 is 1.95 bits per heavy atom. The van der Waals surface area contributed by atoms with E-state index < -0.39 is 0 Å². The maximum absolute atomic E-state index is 11.3. The van der Waals surface area contributed by atoms with Gasteiger partial charge in [0.05, 0.1) is 11.0 Å². The quantitative estimate of drug-likeness (QED) is 0.757. The van der Waals surface area contributed by atoms with Crippen LogP contribution in [0.1, 0.15) is 5.56 Å². The zero-order chi connectivity index (χ0) is 14.3. The van der Waals surface area contributed by atoms with Gasteiger partial charge < -0.3 is 14.9 Å². The van der Waals surface area contributed by atoms with E-state index in [2.05, 4.69) is 30.9 Å². The van der Waals surface area contributed by atoms with Crippen LogP contribution in [0, 0.1) is 6.92 Å². The molecule has 3 aromatic rings. The van der Waals surface area contributed by atoms with Gasteiger partial charge in [0.1, 0.15) is 5.82 Å². The molecule has 3 rings (SSSR count). The van der Waals surface area contributed by atoms with Crippen molar-refractivity contribution in [3.05, 3.63) is 51.0 Å². The topological polar surface area (TPSA) is 64.8 Å². The molecule has 0 aliphatic rings. The van der Waals surface area contributed by atoms with Gasteiger partial charge in [-0.3, -0.25) is 0 Å². The molecule has 0 unspecified atom stereocenters. The molecule has 0 fully saturated rings. The molecule has 2 N–H and O–H groups in total. The minimum absolute atomic E-state index is 0.197. The predicted octanol–water partition coefficient (Wildman–Crippen LogP) is 3.09. The first kappa shape index (κ1) is 12.9. The van der Waals surface area contributed by atoms with E-state index in [4.69, 9.17) is 0 Å². The Bertz CT molecular complexity index is 837. The van der Waals surface area contributed by atoms with Crippen LogP contribution < -0.4 is 10.6 Å². The lowest BCUT2D eigenvalue weighted by molar-refractivity contribution is 1.11. The highest BCUT2D eigenvalue weighted by Crippen LogP contribution is 2.26. The summed E-state index contributed by atoms with van der Waals surface area (Å²) in [5, 5.41) is 0. The van der Waals surface area contributed by atoms with Crippen LogP contribution in [0.25, 0.3) is 11.0 Å². The molecule has 2 aromatic heterocycles. The fourth-order valence-corrected chi connectivity index (χ4v) is 2.29. The molecule has 0 amide bonds. The largest absolute Gasteiger partial charge is 0.329 e. The summed E-state index contributed by atoms with van der Waals surface area (Å²) in [6.07, 6.45) is 1.79. The van der Waals surface area contributed by atoms with Crippen LogP contribution in [0.3, 0.4) is 0 Å². The Morgan fingerprint density at radius 3 is 2.70 bits per heavy atom. The van der Waals surface area contributed by atoms with E-state index in [0.29, 0.717) is 0 Å². The Labute approximate surface area is 123 Å². The minimum atomic E-state index is -0.197. The van der Waals surface area contributed by atoms with Crippen LogP contribution in [-0.4, -0.2) is 22.0 Å². The second-order valence-electron chi connectivity index (χ2n) is 4.66. The molecule has 0 saturated heterocycles. The zero-order valence-corrected chi connectivity index (χ0v) is 12.7. The minimum Gasteiger partial charge on any atom is -0.329 e. The lowest BCUT2D eigenvalue weighted by atomic mass is 10.2. The van der Waals surface area contributed by atoms with Crippen molar-refractivity contribution in [2.45, 2.75) is 6.92 Å². The van der Waals surface area contributed by atoms with Gasteiger partial charge in [-0.1, -0.05) is 0 Å². The van der Waals surface area contributed by atoms with E-state index in [-0.39, 0.29) is 5.69 Å². The molecule has 1 aromatic carbocycles. The monoisotopic (exact) mass is 332 g/mol. The Hall–Kier alpha value is -2.08. The number of halogens is 1. The first-order chi connectivity index (χ1) is 9.54. The Balaban J connectivity index is 2.04. The summed E-state index contributed by atoms with van der Waals surface area (Å²) in [6, 6.07) is 7.76. The highest BCUT2D eigenvalue weighted by atomic mass is 79.9. The number of benzene rings is 1.